The SMILES string of the molecule is C[C@@H]1COC[C@H](C)N1C(=O)[C@H]1CCc2c(sc3ncnc(Nc4ccc5c(c4)SNN5)c23)C1. The van der Waals surface area contributed by atoms with Gasteiger partial charge in [-0.15, -0.1) is 11.3 Å². The van der Waals surface area contributed by atoms with Crippen molar-refractivity contribution in [3.8, 4) is 0 Å². The van der Waals surface area contributed by atoms with Crippen molar-refractivity contribution in [3.63, 3.8) is 0 Å². The van der Waals surface area contributed by atoms with Gasteiger partial charge in [0.15, 0.2) is 0 Å². The maximum absolute atomic E-state index is 13.4. The average molecular weight is 483 g/mol. The van der Waals surface area contributed by atoms with Crippen molar-refractivity contribution in [2.75, 3.05) is 24.0 Å². The van der Waals surface area contributed by atoms with Crippen LogP contribution in [0.15, 0.2) is 29.4 Å². The third kappa shape index (κ3) is 3.74. The molecule has 1 saturated heterocycles. The van der Waals surface area contributed by atoms with Gasteiger partial charge in [-0.2, -0.15) is 4.83 Å². The Morgan fingerprint density at radius 2 is 2.09 bits per heavy atom. The number of rotatable bonds is 3. The Morgan fingerprint density at radius 3 is 2.94 bits per heavy atom. The molecule has 33 heavy (non-hydrogen) atoms. The molecular formula is C23H26N6O2S2. The highest BCUT2D eigenvalue weighted by Crippen LogP contribution is 2.41. The zero-order valence-electron chi connectivity index (χ0n) is 18.6. The number of aromatic nitrogens is 2. The van der Waals surface area contributed by atoms with E-state index in [4.69, 9.17) is 4.74 Å². The van der Waals surface area contributed by atoms with Gasteiger partial charge in [-0.25, -0.2) is 9.97 Å². The molecule has 1 aliphatic carbocycles. The molecule has 0 bridgehead atoms. The molecule has 10 heteroatoms. The van der Waals surface area contributed by atoms with Gasteiger partial charge >= 0.3 is 0 Å². The summed E-state index contributed by atoms with van der Waals surface area (Å²) in [5.41, 5.74) is 6.49. The summed E-state index contributed by atoms with van der Waals surface area (Å²) in [7, 11) is 0. The molecule has 2 aliphatic heterocycles. The number of amides is 1. The molecule has 1 aromatic carbocycles. The van der Waals surface area contributed by atoms with Crippen molar-refractivity contribution in [2.24, 2.45) is 5.92 Å². The zero-order chi connectivity index (χ0) is 22.5. The molecule has 8 nitrogen and oxygen atoms in total. The molecule has 3 atom stereocenters. The van der Waals surface area contributed by atoms with Crippen molar-refractivity contribution in [2.45, 2.75) is 50.1 Å². The number of fused-ring (bicyclic) bond motifs is 4. The summed E-state index contributed by atoms with van der Waals surface area (Å²) < 4.78 is 5.62. The van der Waals surface area contributed by atoms with Crippen LogP contribution in [0.3, 0.4) is 0 Å². The Balaban J connectivity index is 1.28. The molecule has 6 rings (SSSR count). The maximum atomic E-state index is 13.4. The standard InChI is InChI=1S/C23H26N6O2S2/c1-12-9-31-10-13(2)29(12)23(30)14-3-5-16-18(7-14)32-22-20(16)21(24-11-25-22)26-15-4-6-17-19(8-15)33-28-27-17/h4,6,8,11-14,27-28H,3,5,7,9-10H2,1-2H3,(H,24,25,26)/t12-,13+,14-/m0/s1. The quantitative estimate of drug-likeness (QED) is 0.481. The second-order valence-electron chi connectivity index (χ2n) is 8.99. The smallest absolute Gasteiger partial charge is 0.226 e. The van der Waals surface area contributed by atoms with Gasteiger partial charge in [-0.3, -0.25) is 4.79 Å². The average Bonchev–Trinajstić information content (AvgIpc) is 3.42. The van der Waals surface area contributed by atoms with Gasteiger partial charge in [-0.05, 0) is 68.8 Å². The molecule has 2 aromatic heterocycles. The van der Waals surface area contributed by atoms with Crippen LogP contribution in [0.2, 0.25) is 0 Å². The Labute approximate surface area is 200 Å². The highest BCUT2D eigenvalue weighted by Gasteiger charge is 2.36. The number of hydrazine groups is 1. The number of carbonyl (C=O) groups is 1. The predicted molar refractivity (Wildman–Crippen MR) is 132 cm³/mol. The number of aryl methyl sites for hydroxylation is 1. The predicted octanol–water partition coefficient (Wildman–Crippen LogP) is 4.11. The molecule has 172 valence electrons. The highest BCUT2D eigenvalue weighted by molar-refractivity contribution is 7.98. The van der Waals surface area contributed by atoms with Gasteiger partial charge in [-0.1, -0.05) is 0 Å². The fourth-order valence-electron chi connectivity index (χ4n) is 5.13. The van der Waals surface area contributed by atoms with Gasteiger partial charge < -0.3 is 20.4 Å². The van der Waals surface area contributed by atoms with E-state index in [2.05, 4.69) is 56.4 Å². The minimum Gasteiger partial charge on any atom is -0.377 e. The number of nitrogens with one attached hydrogen (secondary N) is 3. The summed E-state index contributed by atoms with van der Waals surface area (Å²) in [4.78, 5) is 31.1. The molecular weight excluding hydrogens is 456 g/mol. The van der Waals surface area contributed by atoms with E-state index in [9.17, 15) is 4.79 Å². The molecule has 3 N–H and O–H groups in total. The van der Waals surface area contributed by atoms with Crippen molar-refractivity contribution in [1.82, 2.24) is 19.7 Å². The number of hydrogen-bond donors (Lipinski definition) is 3. The van der Waals surface area contributed by atoms with Crippen LogP contribution in [-0.2, 0) is 22.4 Å². The lowest BCUT2D eigenvalue weighted by molar-refractivity contribution is -0.149. The second-order valence-corrected chi connectivity index (χ2v) is 10.9. The summed E-state index contributed by atoms with van der Waals surface area (Å²) in [6.07, 6.45) is 4.13. The minimum atomic E-state index is 0.0201. The lowest BCUT2D eigenvalue weighted by atomic mass is 9.86. The number of benzene rings is 1. The Bertz CT molecular complexity index is 1220. The molecule has 3 aromatic rings. The normalized spacial score (nSPS) is 24.3. The number of anilines is 3. The van der Waals surface area contributed by atoms with E-state index < -0.39 is 0 Å². The van der Waals surface area contributed by atoms with Crippen LogP contribution < -0.4 is 15.6 Å². The van der Waals surface area contributed by atoms with Crippen molar-refractivity contribution in [1.29, 1.82) is 0 Å². The number of nitrogens with zero attached hydrogens (tertiary/aromatic N) is 3. The molecule has 0 radical (unpaired) electrons. The van der Waals surface area contributed by atoms with Crippen LogP contribution in [0, 0.1) is 5.92 Å². The summed E-state index contributed by atoms with van der Waals surface area (Å²) in [6, 6.07) is 6.46. The van der Waals surface area contributed by atoms with Gasteiger partial charge in [0.1, 0.15) is 17.0 Å². The van der Waals surface area contributed by atoms with E-state index in [-0.39, 0.29) is 23.9 Å². The molecule has 0 saturated carbocycles. The molecule has 1 amide bonds. The maximum Gasteiger partial charge on any atom is 0.226 e. The second kappa shape index (κ2) is 8.43. The third-order valence-corrected chi connectivity index (χ3v) is 8.63. The van der Waals surface area contributed by atoms with E-state index in [1.807, 2.05) is 6.07 Å². The number of carbonyl (C=O) groups excluding carboxylic acids is 1. The number of hydrogen-bond acceptors (Lipinski definition) is 9. The molecule has 0 unspecified atom stereocenters. The van der Waals surface area contributed by atoms with E-state index in [1.165, 1.54) is 10.4 Å². The molecule has 4 heterocycles. The van der Waals surface area contributed by atoms with Gasteiger partial charge in [0.05, 0.1) is 41.3 Å². The van der Waals surface area contributed by atoms with Crippen LogP contribution >= 0.6 is 23.3 Å². The van der Waals surface area contributed by atoms with Crippen molar-refractivity contribution >= 4 is 56.6 Å². The largest absolute Gasteiger partial charge is 0.377 e. The van der Waals surface area contributed by atoms with Crippen LogP contribution in [0.1, 0.15) is 30.7 Å². The number of thiophene rings is 1. The van der Waals surface area contributed by atoms with E-state index in [0.717, 1.165) is 51.6 Å². The summed E-state index contributed by atoms with van der Waals surface area (Å²) in [6.45, 7) is 5.40. The number of morpholine rings is 1. The van der Waals surface area contributed by atoms with Crippen molar-refractivity contribution in [3.05, 3.63) is 35.0 Å². The summed E-state index contributed by atoms with van der Waals surface area (Å²) >= 11 is 3.26. The molecule has 0 spiro atoms. The van der Waals surface area contributed by atoms with Crippen LogP contribution in [0.25, 0.3) is 10.2 Å². The minimum absolute atomic E-state index is 0.0201. The highest BCUT2D eigenvalue weighted by atomic mass is 32.2. The Hall–Kier alpha value is -2.40. The van der Waals surface area contributed by atoms with E-state index in [1.54, 1.807) is 29.6 Å². The first-order chi connectivity index (χ1) is 16.1. The first kappa shape index (κ1) is 21.2. The Morgan fingerprint density at radius 1 is 1.24 bits per heavy atom. The van der Waals surface area contributed by atoms with Crippen LogP contribution in [-0.4, -0.2) is 46.1 Å². The molecule has 1 fully saturated rings. The fourth-order valence-corrected chi connectivity index (χ4v) is 7.08. The lowest BCUT2D eigenvalue weighted by Crippen LogP contribution is -2.54. The lowest BCUT2D eigenvalue weighted by Gasteiger charge is -2.41. The summed E-state index contributed by atoms with van der Waals surface area (Å²) in [5, 5.41) is 4.61. The molecule has 3 aliphatic rings. The topological polar surface area (TPSA) is 91.4 Å². The monoisotopic (exact) mass is 482 g/mol. The van der Waals surface area contributed by atoms with Gasteiger partial charge in [0.2, 0.25) is 5.91 Å². The first-order valence-corrected chi connectivity index (χ1v) is 13.0. The third-order valence-electron chi connectivity index (χ3n) is 6.71. The summed E-state index contributed by atoms with van der Waals surface area (Å²) in [5.74, 6) is 1.12. The van der Waals surface area contributed by atoms with Crippen molar-refractivity contribution < 1.29 is 9.53 Å². The van der Waals surface area contributed by atoms with Gasteiger partial charge in [0.25, 0.3) is 0 Å². The van der Waals surface area contributed by atoms with Crippen LogP contribution in [0.4, 0.5) is 17.2 Å². The zero-order valence-corrected chi connectivity index (χ0v) is 20.2. The van der Waals surface area contributed by atoms with Crippen LogP contribution in [0.5, 0.6) is 0 Å². The fraction of sp³-hybridized carbons (Fsp3) is 0.435. The van der Waals surface area contributed by atoms with E-state index >= 15 is 0 Å². The Kier molecular flexibility index (Phi) is 5.40. The van der Waals surface area contributed by atoms with Gasteiger partial charge in [0, 0.05) is 16.5 Å². The number of ether oxygens (including phenoxy) is 1. The first-order valence-electron chi connectivity index (χ1n) is 11.3. The van der Waals surface area contributed by atoms with E-state index in [0.29, 0.717) is 13.2 Å².